The normalized spacial score (nSPS) is 23.4. The summed E-state index contributed by atoms with van der Waals surface area (Å²) in [5.41, 5.74) is 0.204. The SMILES string of the molecule is CC(C)(C)C[C@@H]1N[C@H](OC(=O)Nc2ccn(C[C@@H](O)CO)n2)[C@H](c2cccc(Cl)c2)[C@@]1(C#N)c1ccc(Cl)cc1. The van der Waals surface area contributed by atoms with E-state index in [0.29, 0.717) is 16.5 Å². The van der Waals surface area contributed by atoms with E-state index in [2.05, 4.69) is 42.6 Å². The molecule has 1 aromatic heterocycles. The number of aliphatic hydroxyl groups excluding tert-OH is 2. The topological polar surface area (TPSA) is 132 Å². The van der Waals surface area contributed by atoms with E-state index >= 15 is 0 Å². The van der Waals surface area contributed by atoms with E-state index in [1.807, 2.05) is 24.3 Å². The molecule has 1 aliphatic heterocycles. The van der Waals surface area contributed by atoms with Gasteiger partial charge in [-0.2, -0.15) is 10.4 Å². The largest absolute Gasteiger partial charge is 0.429 e. The number of nitriles is 1. The number of hydrogen-bond acceptors (Lipinski definition) is 7. The van der Waals surface area contributed by atoms with Crippen LogP contribution in [0.5, 0.6) is 0 Å². The predicted molar refractivity (Wildman–Crippen MR) is 153 cm³/mol. The van der Waals surface area contributed by atoms with Crippen LogP contribution in [0, 0.1) is 16.7 Å². The number of nitrogens with one attached hydrogen (secondary N) is 2. The predicted octanol–water partition coefficient (Wildman–Crippen LogP) is 5.07. The Labute approximate surface area is 243 Å². The van der Waals surface area contributed by atoms with Crippen molar-refractivity contribution in [2.24, 2.45) is 5.41 Å². The summed E-state index contributed by atoms with van der Waals surface area (Å²) in [4.78, 5) is 13.1. The number of anilines is 1. The molecule has 9 nitrogen and oxygen atoms in total. The lowest BCUT2D eigenvalue weighted by molar-refractivity contribution is 0.0782. The number of amides is 1. The van der Waals surface area contributed by atoms with Gasteiger partial charge in [0.05, 0.1) is 31.2 Å². The second-order valence-electron chi connectivity index (χ2n) is 11.2. The molecule has 5 atom stereocenters. The maximum absolute atomic E-state index is 13.1. The number of hydrogen-bond donors (Lipinski definition) is 4. The van der Waals surface area contributed by atoms with E-state index in [4.69, 9.17) is 33.0 Å². The second-order valence-corrected chi connectivity index (χ2v) is 12.1. The van der Waals surface area contributed by atoms with E-state index in [1.165, 1.54) is 4.68 Å². The van der Waals surface area contributed by atoms with Crippen LogP contribution < -0.4 is 10.6 Å². The minimum absolute atomic E-state index is 0.0640. The van der Waals surface area contributed by atoms with Crippen LogP contribution in [0.15, 0.2) is 60.8 Å². The Bertz CT molecular complexity index is 1370. The highest BCUT2D eigenvalue weighted by Gasteiger charge is 2.59. The van der Waals surface area contributed by atoms with Gasteiger partial charge in [-0.15, -0.1) is 0 Å². The first-order valence-corrected chi connectivity index (χ1v) is 13.7. The Morgan fingerprint density at radius 3 is 2.58 bits per heavy atom. The molecule has 40 heavy (non-hydrogen) atoms. The smallest absolute Gasteiger partial charge is 0.414 e. The summed E-state index contributed by atoms with van der Waals surface area (Å²) in [6, 6.07) is 18.2. The summed E-state index contributed by atoms with van der Waals surface area (Å²) in [5, 5.41) is 41.0. The van der Waals surface area contributed by atoms with Crippen molar-refractivity contribution in [2.75, 3.05) is 11.9 Å². The third-order valence-electron chi connectivity index (χ3n) is 6.95. The minimum Gasteiger partial charge on any atom is -0.429 e. The lowest BCUT2D eigenvalue weighted by atomic mass is 9.64. The van der Waals surface area contributed by atoms with Crippen molar-refractivity contribution in [2.45, 2.75) is 63.4 Å². The number of carbonyl (C=O) groups is 1. The minimum atomic E-state index is -1.13. The molecule has 2 aromatic carbocycles. The Hall–Kier alpha value is -3.13. The zero-order valence-electron chi connectivity index (χ0n) is 22.5. The van der Waals surface area contributed by atoms with Gasteiger partial charge in [0, 0.05) is 28.4 Å². The van der Waals surface area contributed by atoms with Gasteiger partial charge in [-0.25, -0.2) is 4.79 Å². The Kier molecular flexibility index (Phi) is 9.08. The molecule has 212 valence electrons. The molecule has 0 radical (unpaired) electrons. The van der Waals surface area contributed by atoms with Crippen molar-refractivity contribution in [3.05, 3.63) is 82.0 Å². The van der Waals surface area contributed by atoms with Crippen LogP contribution in [0.3, 0.4) is 0 Å². The first-order chi connectivity index (χ1) is 18.9. The van der Waals surface area contributed by atoms with Gasteiger partial charge in [-0.3, -0.25) is 15.3 Å². The van der Waals surface area contributed by atoms with Crippen LogP contribution >= 0.6 is 23.2 Å². The molecule has 1 fully saturated rings. The van der Waals surface area contributed by atoms with Gasteiger partial charge in [-0.05, 0) is 47.2 Å². The molecule has 3 aromatic rings. The van der Waals surface area contributed by atoms with Crippen LogP contribution in [0.1, 0.15) is 44.2 Å². The van der Waals surface area contributed by atoms with Gasteiger partial charge in [0.15, 0.2) is 12.0 Å². The summed E-state index contributed by atoms with van der Waals surface area (Å²) in [6.45, 7) is 5.94. The zero-order chi connectivity index (χ0) is 29.1. The van der Waals surface area contributed by atoms with E-state index in [1.54, 1.807) is 36.5 Å². The monoisotopic (exact) mass is 585 g/mol. The summed E-state index contributed by atoms with van der Waals surface area (Å²) >= 11 is 12.6. The number of halogens is 2. The van der Waals surface area contributed by atoms with Crippen molar-refractivity contribution in [1.29, 1.82) is 5.26 Å². The summed E-state index contributed by atoms with van der Waals surface area (Å²) in [5.74, 6) is -0.407. The molecular weight excluding hydrogens is 553 g/mol. The van der Waals surface area contributed by atoms with E-state index in [-0.39, 0.29) is 23.8 Å². The van der Waals surface area contributed by atoms with Crippen LogP contribution in [-0.4, -0.2) is 51.1 Å². The molecule has 0 aliphatic carbocycles. The number of nitrogens with zero attached hydrogens (tertiary/aromatic N) is 3. The van der Waals surface area contributed by atoms with Gasteiger partial charge in [0.2, 0.25) is 0 Å². The average molecular weight is 587 g/mol. The summed E-state index contributed by atoms with van der Waals surface area (Å²) in [6.07, 6.45) is -0.458. The molecule has 0 spiro atoms. The molecule has 4 rings (SSSR count). The van der Waals surface area contributed by atoms with Gasteiger partial charge >= 0.3 is 6.09 Å². The van der Waals surface area contributed by atoms with Gasteiger partial charge in [-0.1, -0.05) is 68.2 Å². The first-order valence-electron chi connectivity index (χ1n) is 12.9. The Morgan fingerprint density at radius 1 is 1.23 bits per heavy atom. The Morgan fingerprint density at radius 2 is 1.95 bits per heavy atom. The highest BCUT2D eigenvalue weighted by atomic mass is 35.5. The third-order valence-corrected chi connectivity index (χ3v) is 7.44. The number of aliphatic hydroxyl groups is 2. The number of benzene rings is 2. The van der Waals surface area contributed by atoms with Crippen molar-refractivity contribution < 1.29 is 19.7 Å². The van der Waals surface area contributed by atoms with Gasteiger partial charge in [0.1, 0.15) is 5.41 Å². The summed E-state index contributed by atoms with van der Waals surface area (Å²) in [7, 11) is 0. The molecule has 4 N–H and O–H groups in total. The maximum atomic E-state index is 13.1. The number of ether oxygens (including phenoxy) is 1. The molecule has 0 saturated carbocycles. The maximum Gasteiger partial charge on any atom is 0.414 e. The lowest BCUT2D eigenvalue weighted by Crippen LogP contribution is -2.44. The van der Waals surface area contributed by atoms with Crippen molar-refractivity contribution in [3.63, 3.8) is 0 Å². The van der Waals surface area contributed by atoms with E-state index < -0.39 is 36.4 Å². The molecule has 1 amide bonds. The van der Waals surface area contributed by atoms with Crippen LogP contribution in [-0.2, 0) is 16.7 Å². The quantitative estimate of drug-likeness (QED) is 0.290. The van der Waals surface area contributed by atoms with Crippen molar-refractivity contribution in [1.82, 2.24) is 15.1 Å². The fourth-order valence-electron chi connectivity index (χ4n) is 5.33. The number of carbonyl (C=O) groups excluding carboxylic acids is 1. The molecule has 0 bridgehead atoms. The standard InChI is InChI=1S/C29H33Cl2N5O4/c1-28(2,3)14-23-29(17-32,19-7-9-20(30)10-8-19)25(18-5-4-6-21(31)13-18)26(33-23)40-27(39)34-24-11-12-36(35-24)15-22(38)16-37/h4-13,22-23,25-26,33,37-38H,14-16H2,1-3H3,(H,34,35,39)/t22-,23+,25+,26-,29+/m1/s1. The molecular formula is C29H33Cl2N5O4. The first kappa shape index (κ1) is 29.8. The zero-order valence-corrected chi connectivity index (χ0v) is 24.0. The van der Waals surface area contributed by atoms with E-state index in [0.717, 1.165) is 11.1 Å². The van der Waals surface area contributed by atoms with Crippen LogP contribution in [0.25, 0.3) is 0 Å². The van der Waals surface area contributed by atoms with Crippen molar-refractivity contribution in [3.8, 4) is 6.07 Å². The highest BCUT2D eigenvalue weighted by molar-refractivity contribution is 6.30. The molecule has 1 saturated heterocycles. The molecule has 1 aliphatic rings. The second kappa shape index (κ2) is 12.2. The average Bonchev–Trinajstić information content (AvgIpc) is 3.44. The lowest BCUT2D eigenvalue weighted by Gasteiger charge is -2.37. The van der Waals surface area contributed by atoms with Crippen molar-refractivity contribution >= 4 is 35.1 Å². The van der Waals surface area contributed by atoms with Crippen LogP contribution in [0.2, 0.25) is 10.0 Å². The molecule has 2 heterocycles. The molecule has 11 heteroatoms. The Balaban J connectivity index is 1.72. The summed E-state index contributed by atoms with van der Waals surface area (Å²) < 4.78 is 7.36. The molecule has 0 unspecified atom stereocenters. The van der Waals surface area contributed by atoms with E-state index in [9.17, 15) is 15.2 Å². The highest BCUT2D eigenvalue weighted by Crippen LogP contribution is 2.51. The fraction of sp³-hybridized carbons (Fsp3) is 0.414. The van der Waals surface area contributed by atoms with Gasteiger partial charge in [0.25, 0.3) is 0 Å². The number of rotatable bonds is 8. The number of aromatic nitrogens is 2. The fourth-order valence-corrected chi connectivity index (χ4v) is 5.65. The van der Waals surface area contributed by atoms with Crippen LogP contribution in [0.4, 0.5) is 10.6 Å². The van der Waals surface area contributed by atoms with Gasteiger partial charge < -0.3 is 14.9 Å². The third kappa shape index (κ3) is 6.60.